The third-order valence-electron chi connectivity index (χ3n) is 11.5. The maximum absolute atomic E-state index is 6.61. The van der Waals surface area contributed by atoms with E-state index >= 15 is 0 Å². The Morgan fingerprint density at radius 3 is 1.47 bits per heavy atom. The Kier molecular flexibility index (Phi) is 7.74. The van der Waals surface area contributed by atoms with Gasteiger partial charge in [0.05, 0.1) is 16.6 Å². The summed E-state index contributed by atoms with van der Waals surface area (Å²) in [4.78, 5) is 20.4. The van der Waals surface area contributed by atoms with Crippen LogP contribution in [0.15, 0.2) is 205 Å². The minimum atomic E-state index is 0.589. The largest absolute Gasteiger partial charge is 0.454 e. The van der Waals surface area contributed by atoms with Gasteiger partial charge in [-0.05, 0) is 65.7 Å². The lowest BCUT2D eigenvalue weighted by Gasteiger charge is -2.11. The number of aromatic nitrogens is 5. The molecule has 0 unspecified atom stereocenters. The van der Waals surface area contributed by atoms with Gasteiger partial charge in [-0.1, -0.05) is 146 Å². The number of hydrogen-bond acceptors (Lipinski definition) is 5. The van der Waals surface area contributed by atoms with E-state index in [9.17, 15) is 0 Å². The highest BCUT2D eigenvalue weighted by atomic mass is 16.3. The standard InChI is InChI=1S/C54H33N5O/c1-3-13-34(14-4-1)39-29-32-45-44(33-39)49-43-19-9-12-22-48(43)60-51(49)50(55-45)35-23-25-37(26-24-35)53-56-52(36-15-5-2-6-16-36)57-54(58-53)38-27-30-40(31-28-38)59-46-20-10-7-17-41(46)42-18-8-11-21-47(42)59/h1-33H. The number of nitrogens with zero attached hydrogens (tertiary/aromatic N) is 5. The topological polar surface area (TPSA) is 69.6 Å². The maximum Gasteiger partial charge on any atom is 0.164 e. The summed E-state index contributed by atoms with van der Waals surface area (Å²) < 4.78 is 8.93. The van der Waals surface area contributed by atoms with Crippen LogP contribution in [0.1, 0.15) is 0 Å². The summed E-state index contributed by atoms with van der Waals surface area (Å²) in [5, 5.41) is 5.65. The summed E-state index contributed by atoms with van der Waals surface area (Å²) in [5.41, 5.74) is 12.6. The third-order valence-corrected chi connectivity index (χ3v) is 11.5. The Morgan fingerprint density at radius 2 is 0.833 bits per heavy atom. The molecule has 0 bridgehead atoms. The molecule has 12 aromatic rings. The predicted octanol–water partition coefficient (Wildman–Crippen LogP) is 13.8. The van der Waals surface area contributed by atoms with Gasteiger partial charge in [-0.3, -0.25) is 0 Å². The maximum atomic E-state index is 6.61. The smallest absolute Gasteiger partial charge is 0.164 e. The number of furan rings is 1. The van der Waals surface area contributed by atoms with E-state index in [2.05, 4.69) is 156 Å². The molecule has 0 aliphatic heterocycles. The lowest BCUT2D eigenvalue weighted by Crippen LogP contribution is -2.00. The molecule has 6 nitrogen and oxygen atoms in total. The van der Waals surface area contributed by atoms with Crippen LogP contribution in [0.2, 0.25) is 0 Å². The highest BCUT2D eigenvalue weighted by molar-refractivity contribution is 6.21. The van der Waals surface area contributed by atoms with Crippen molar-refractivity contribution >= 4 is 54.6 Å². The Labute approximate surface area is 344 Å². The van der Waals surface area contributed by atoms with E-state index in [1.807, 2.05) is 48.5 Å². The van der Waals surface area contributed by atoms with Crippen molar-refractivity contribution in [2.24, 2.45) is 0 Å². The van der Waals surface area contributed by atoms with Crippen LogP contribution in [-0.4, -0.2) is 24.5 Å². The van der Waals surface area contributed by atoms with Gasteiger partial charge < -0.3 is 8.98 Å². The summed E-state index contributed by atoms with van der Waals surface area (Å²) in [7, 11) is 0. The van der Waals surface area contributed by atoms with Gasteiger partial charge in [0.1, 0.15) is 11.3 Å². The van der Waals surface area contributed by atoms with Gasteiger partial charge in [0.25, 0.3) is 0 Å². The summed E-state index contributed by atoms with van der Waals surface area (Å²) in [5.74, 6) is 1.80. The van der Waals surface area contributed by atoms with Crippen LogP contribution in [0.5, 0.6) is 0 Å². The molecule has 4 aromatic heterocycles. The van der Waals surface area contributed by atoms with Crippen molar-refractivity contribution in [3.63, 3.8) is 0 Å². The van der Waals surface area contributed by atoms with Gasteiger partial charge >= 0.3 is 0 Å². The fraction of sp³-hybridized carbons (Fsp3) is 0. The molecule has 0 saturated heterocycles. The summed E-state index contributed by atoms with van der Waals surface area (Å²) in [6, 6.07) is 69.1. The second-order valence-electron chi connectivity index (χ2n) is 15.0. The summed E-state index contributed by atoms with van der Waals surface area (Å²) in [6.07, 6.45) is 0. The molecule has 4 heterocycles. The molecule has 0 spiro atoms. The van der Waals surface area contributed by atoms with Gasteiger partial charge in [0.15, 0.2) is 23.1 Å². The molecule has 60 heavy (non-hydrogen) atoms. The van der Waals surface area contributed by atoms with Crippen molar-refractivity contribution in [1.29, 1.82) is 0 Å². The SMILES string of the molecule is c1ccc(-c2ccc3nc(-c4ccc(-c5nc(-c6ccccc6)nc(-c6ccc(-n7c8ccccc8c8ccccc87)cc6)n5)cc4)c4oc5ccccc5c4c3c2)cc1. The van der Waals surface area contributed by atoms with Crippen molar-refractivity contribution < 1.29 is 4.42 Å². The highest BCUT2D eigenvalue weighted by Gasteiger charge is 2.20. The zero-order chi connectivity index (χ0) is 39.6. The van der Waals surface area contributed by atoms with E-state index in [1.54, 1.807) is 0 Å². The molecular formula is C54H33N5O. The Bertz CT molecular complexity index is 3520. The number of rotatable bonds is 6. The second kappa shape index (κ2) is 13.7. The monoisotopic (exact) mass is 767 g/mol. The summed E-state index contributed by atoms with van der Waals surface area (Å²) in [6.45, 7) is 0. The zero-order valence-corrected chi connectivity index (χ0v) is 32.2. The minimum Gasteiger partial charge on any atom is -0.454 e. The Morgan fingerprint density at radius 1 is 0.350 bits per heavy atom. The number of para-hydroxylation sites is 3. The summed E-state index contributed by atoms with van der Waals surface area (Å²) >= 11 is 0. The average Bonchev–Trinajstić information content (AvgIpc) is 3.89. The fourth-order valence-corrected chi connectivity index (χ4v) is 8.58. The van der Waals surface area contributed by atoms with Crippen LogP contribution in [0.25, 0.3) is 117 Å². The molecule has 0 aliphatic carbocycles. The van der Waals surface area contributed by atoms with E-state index in [0.29, 0.717) is 17.5 Å². The molecule has 0 fully saturated rings. The molecule has 12 rings (SSSR count). The van der Waals surface area contributed by atoms with Gasteiger partial charge in [0, 0.05) is 54.9 Å². The van der Waals surface area contributed by atoms with Crippen LogP contribution < -0.4 is 0 Å². The molecule has 0 N–H and O–H groups in total. The van der Waals surface area contributed by atoms with Crippen LogP contribution in [0.3, 0.4) is 0 Å². The van der Waals surface area contributed by atoms with E-state index in [-0.39, 0.29) is 0 Å². The molecule has 0 saturated carbocycles. The number of hydrogen-bond donors (Lipinski definition) is 0. The first-order valence-corrected chi connectivity index (χ1v) is 20.1. The first kappa shape index (κ1) is 33.9. The van der Waals surface area contributed by atoms with Crippen molar-refractivity contribution in [3.8, 4) is 62.2 Å². The highest BCUT2D eigenvalue weighted by Crippen LogP contribution is 2.41. The minimum absolute atomic E-state index is 0.589. The number of fused-ring (bicyclic) bond motifs is 8. The van der Waals surface area contributed by atoms with Gasteiger partial charge in [-0.25, -0.2) is 19.9 Å². The van der Waals surface area contributed by atoms with E-state index in [0.717, 1.165) is 77.6 Å². The van der Waals surface area contributed by atoms with Crippen LogP contribution in [0.4, 0.5) is 0 Å². The molecule has 280 valence electrons. The molecule has 0 radical (unpaired) electrons. The van der Waals surface area contributed by atoms with Crippen molar-refractivity contribution in [1.82, 2.24) is 24.5 Å². The number of pyridine rings is 1. The van der Waals surface area contributed by atoms with Gasteiger partial charge in [-0.2, -0.15) is 0 Å². The van der Waals surface area contributed by atoms with E-state index < -0.39 is 0 Å². The van der Waals surface area contributed by atoms with Gasteiger partial charge in [0.2, 0.25) is 0 Å². The average molecular weight is 768 g/mol. The zero-order valence-electron chi connectivity index (χ0n) is 32.2. The molecule has 0 aliphatic rings. The van der Waals surface area contributed by atoms with Crippen LogP contribution in [0, 0.1) is 0 Å². The Balaban J connectivity index is 0.956. The van der Waals surface area contributed by atoms with Gasteiger partial charge in [-0.15, -0.1) is 0 Å². The molecule has 6 heteroatoms. The molecule has 8 aromatic carbocycles. The lowest BCUT2D eigenvalue weighted by molar-refractivity contribution is 0.669. The molecular weight excluding hydrogens is 735 g/mol. The van der Waals surface area contributed by atoms with Crippen molar-refractivity contribution in [2.75, 3.05) is 0 Å². The normalized spacial score (nSPS) is 11.7. The Hall–Kier alpha value is -8.22. The van der Waals surface area contributed by atoms with Crippen molar-refractivity contribution in [3.05, 3.63) is 200 Å². The van der Waals surface area contributed by atoms with Crippen LogP contribution in [-0.2, 0) is 0 Å². The van der Waals surface area contributed by atoms with Crippen LogP contribution >= 0.6 is 0 Å². The molecule has 0 atom stereocenters. The first-order chi connectivity index (χ1) is 29.7. The quantitative estimate of drug-likeness (QED) is 0.168. The fourth-order valence-electron chi connectivity index (χ4n) is 8.58. The number of benzene rings is 8. The predicted molar refractivity (Wildman–Crippen MR) is 244 cm³/mol. The second-order valence-corrected chi connectivity index (χ2v) is 15.0. The lowest BCUT2D eigenvalue weighted by atomic mass is 9.98. The van der Waals surface area contributed by atoms with E-state index in [1.165, 1.54) is 21.8 Å². The third kappa shape index (κ3) is 5.57. The van der Waals surface area contributed by atoms with Crippen molar-refractivity contribution in [2.45, 2.75) is 0 Å². The molecule has 0 amide bonds. The first-order valence-electron chi connectivity index (χ1n) is 20.1. The van der Waals surface area contributed by atoms with E-state index in [4.69, 9.17) is 24.4 Å².